The molecular formula is C12H19N3O2. The van der Waals surface area contributed by atoms with Crippen molar-refractivity contribution >= 4 is 5.97 Å². The second-order valence-electron chi connectivity index (χ2n) is 4.62. The zero-order valence-electron chi connectivity index (χ0n) is 10.4. The maximum Gasteiger partial charge on any atom is 0.317 e. The quantitative estimate of drug-likeness (QED) is 0.809. The molecule has 1 saturated carbocycles. The van der Waals surface area contributed by atoms with E-state index in [1.807, 2.05) is 22.6 Å². The Morgan fingerprint density at radius 2 is 2.35 bits per heavy atom. The van der Waals surface area contributed by atoms with Gasteiger partial charge < -0.3 is 5.11 Å². The number of aliphatic carboxylic acids is 1. The van der Waals surface area contributed by atoms with Gasteiger partial charge >= 0.3 is 5.97 Å². The number of carbonyl (C=O) groups is 1. The van der Waals surface area contributed by atoms with Gasteiger partial charge in [-0.25, -0.2) is 0 Å². The molecule has 94 valence electrons. The van der Waals surface area contributed by atoms with Gasteiger partial charge in [-0.3, -0.25) is 14.4 Å². The summed E-state index contributed by atoms with van der Waals surface area (Å²) in [7, 11) is 0. The first-order valence-corrected chi connectivity index (χ1v) is 6.09. The fraction of sp³-hybridized carbons (Fsp3) is 0.667. The number of hydrogen-bond acceptors (Lipinski definition) is 3. The molecule has 0 spiro atoms. The van der Waals surface area contributed by atoms with Crippen LogP contribution in [0.25, 0.3) is 0 Å². The lowest BCUT2D eigenvalue weighted by Gasteiger charge is -2.19. The molecule has 2 rings (SSSR count). The van der Waals surface area contributed by atoms with Gasteiger partial charge in [0.25, 0.3) is 0 Å². The van der Waals surface area contributed by atoms with Gasteiger partial charge in [0.15, 0.2) is 0 Å². The van der Waals surface area contributed by atoms with Crippen LogP contribution in [-0.2, 0) is 17.9 Å². The van der Waals surface area contributed by atoms with E-state index >= 15 is 0 Å². The smallest absolute Gasteiger partial charge is 0.317 e. The van der Waals surface area contributed by atoms with E-state index < -0.39 is 5.97 Å². The summed E-state index contributed by atoms with van der Waals surface area (Å²) < 4.78 is 1.95. The van der Waals surface area contributed by atoms with Crippen LogP contribution in [0.4, 0.5) is 0 Å². The van der Waals surface area contributed by atoms with Crippen LogP contribution in [0.15, 0.2) is 6.07 Å². The Labute approximate surface area is 101 Å². The Bertz CT molecular complexity index is 410. The van der Waals surface area contributed by atoms with E-state index in [-0.39, 0.29) is 6.54 Å². The lowest BCUT2D eigenvalue weighted by molar-refractivity contribution is -0.138. The Hall–Kier alpha value is -1.36. The maximum atomic E-state index is 10.8. The van der Waals surface area contributed by atoms with Gasteiger partial charge in [-0.05, 0) is 32.8 Å². The minimum absolute atomic E-state index is 0.124. The monoisotopic (exact) mass is 237 g/mol. The summed E-state index contributed by atoms with van der Waals surface area (Å²) in [6.45, 7) is 5.65. The normalized spacial score (nSPS) is 15.5. The second-order valence-corrected chi connectivity index (χ2v) is 4.62. The van der Waals surface area contributed by atoms with Crippen molar-refractivity contribution in [3.63, 3.8) is 0 Å². The number of hydrogen-bond donors (Lipinski definition) is 1. The van der Waals surface area contributed by atoms with Gasteiger partial charge in [-0.2, -0.15) is 5.10 Å². The fourth-order valence-corrected chi connectivity index (χ4v) is 2.14. The SMILES string of the molecule is CCn1nc(C)cc1CN(CC(=O)O)C1CC1. The van der Waals surface area contributed by atoms with Crippen molar-refractivity contribution in [1.29, 1.82) is 0 Å². The predicted octanol–water partition coefficient (Wildman–Crippen LogP) is 1.26. The van der Waals surface area contributed by atoms with E-state index in [0.29, 0.717) is 12.6 Å². The highest BCUT2D eigenvalue weighted by Crippen LogP contribution is 2.28. The third-order valence-corrected chi connectivity index (χ3v) is 3.05. The summed E-state index contributed by atoms with van der Waals surface area (Å²) in [5.74, 6) is -0.754. The number of rotatable bonds is 6. The zero-order valence-corrected chi connectivity index (χ0v) is 10.4. The van der Waals surface area contributed by atoms with Crippen LogP contribution < -0.4 is 0 Å². The van der Waals surface area contributed by atoms with Crippen molar-refractivity contribution in [2.24, 2.45) is 0 Å². The lowest BCUT2D eigenvalue weighted by atomic mass is 10.3. The Balaban J connectivity index is 2.07. The molecular weight excluding hydrogens is 218 g/mol. The summed E-state index contributed by atoms with van der Waals surface area (Å²) in [4.78, 5) is 12.9. The van der Waals surface area contributed by atoms with Gasteiger partial charge in [0, 0.05) is 19.1 Å². The van der Waals surface area contributed by atoms with Crippen LogP contribution in [0.2, 0.25) is 0 Å². The molecule has 1 N–H and O–H groups in total. The Morgan fingerprint density at radius 1 is 1.65 bits per heavy atom. The van der Waals surface area contributed by atoms with Crippen LogP contribution in [0.3, 0.4) is 0 Å². The van der Waals surface area contributed by atoms with E-state index in [9.17, 15) is 4.79 Å². The average molecular weight is 237 g/mol. The number of carboxylic acid groups (broad SMARTS) is 1. The Morgan fingerprint density at radius 3 is 2.88 bits per heavy atom. The molecule has 1 fully saturated rings. The molecule has 0 radical (unpaired) electrons. The maximum absolute atomic E-state index is 10.8. The minimum atomic E-state index is -0.754. The highest BCUT2D eigenvalue weighted by molar-refractivity contribution is 5.69. The van der Waals surface area contributed by atoms with Crippen LogP contribution in [0.5, 0.6) is 0 Å². The van der Waals surface area contributed by atoms with E-state index in [4.69, 9.17) is 5.11 Å². The number of carboxylic acids is 1. The van der Waals surface area contributed by atoms with Crippen molar-refractivity contribution in [2.45, 2.75) is 45.8 Å². The van der Waals surface area contributed by atoms with E-state index in [0.717, 1.165) is 30.8 Å². The summed E-state index contributed by atoms with van der Waals surface area (Å²) in [6, 6.07) is 2.49. The topological polar surface area (TPSA) is 58.4 Å². The van der Waals surface area contributed by atoms with Crippen molar-refractivity contribution in [3.8, 4) is 0 Å². The van der Waals surface area contributed by atoms with Gasteiger partial charge in [0.2, 0.25) is 0 Å². The van der Waals surface area contributed by atoms with Gasteiger partial charge in [-0.15, -0.1) is 0 Å². The number of aromatic nitrogens is 2. The van der Waals surface area contributed by atoms with E-state index in [2.05, 4.69) is 12.0 Å². The number of aryl methyl sites for hydroxylation is 2. The highest BCUT2D eigenvalue weighted by atomic mass is 16.4. The molecule has 0 aromatic carbocycles. The third kappa shape index (κ3) is 3.06. The standard InChI is InChI=1S/C12H19N3O2/c1-3-15-11(6-9(2)13-15)7-14(8-12(16)17)10-4-5-10/h6,10H,3-5,7-8H2,1-2H3,(H,16,17). The molecule has 0 unspecified atom stereocenters. The van der Waals surface area contributed by atoms with Gasteiger partial charge in [0.1, 0.15) is 0 Å². The minimum Gasteiger partial charge on any atom is -0.480 e. The summed E-state index contributed by atoms with van der Waals surface area (Å²) in [5, 5.41) is 13.3. The van der Waals surface area contributed by atoms with Crippen molar-refractivity contribution < 1.29 is 9.90 Å². The highest BCUT2D eigenvalue weighted by Gasteiger charge is 2.30. The van der Waals surface area contributed by atoms with Crippen LogP contribution in [-0.4, -0.2) is 38.3 Å². The Kier molecular flexibility index (Phi) is 3.47. The zero-order chi connectivity index (χ0) is 12.4. The molecule has 17 heavy (non-hydrogen) atoms. The largest absolute Gasteiger partial charge is 0.480 e. The lowest BCUT2D eigenvalue weighted by Crippen LogP contribution is -2.32. The summed E-state index contributed by atoms with van der Waals surface area (Å²) >= 11 is 0. The first kappa shape index (κ1) is 12.1. The van der Waals surface area contributed by atoms with Crippen molar-refractivity contribution in [1.82, 2.24) is 14.7 Å². The molecule has 5 nitrogen and oxygen atoms in total. The molecule has 0 aliphatic heterocycles. The molecule has 0 atom stereocenters. The average Bonchev–Trinajstić information content (AvgIpc) is 3.02. The van der Waals surface area contributed by atoms with Crippen molar-refractivity contribution in [3.05, 3.63) is 17.5 Å². The van der Waals surface area contributed by atoms with Crippen LogP contribution >= 0.6 is 0 Å². The molecule has 0 bridgehead atoms. The number of nitrogens with zero attached hydrogens (tertiary/aromatic N) is 3. The predicted molar refractivity (Wildman–Crippen MR) is 63.7 cm³/mol. The van der Waals surface area contributed by atoms with Gasteiger partial charge in [-0.1, -0.05) is 0 Å². The van der Waals surface area contributed by atoms with Gasteiger partial charge in [0.05, 0.1) is 17.9 Å². The second kappa shape index (κ2) is 4.87. The third-order valence-electron chi connectivity index (χ3n) is 3.05. The molecule has 1 aliphatic rings. The fourth-order valence-electron chi connectivity index (χ4n) is 2.14. The van der Waals surface area contributed by atoms with E-state index in [1.165, 1.54) is 0 Å². The molecule has 1 aromatic heterocycles. The van der Waals surface area contributed by atoms with Crippen LogP contribution in [0.1, 0.15) is 31.2 Å². The first-order valence-electron chi connectivity index (χ1n) is 6.09. The van der Waals surface area contributed by atoms with Crippen molar-refractivity contribution in [2.75, 3.05) is 6.54 Å². The van der Waals surface area contributed by atoms with E-state index in [1.54, 1.807) is 0 Å². The molecule has 1 aliphatic carbocycles. The molecule has 1 aromatic rings. The summed E-state index contributed by atoms with van der Waals surface area (Å²) in [5.41, 5.74) is 2.10. The molecule has 5 heteroatoms. The van der Waals surface area contributed by atoms with Crippen LogP contribution in [0, 0.1) is 6.92 Å². The molecule has 0 amide bonds. The molecule has 0 saturated heterocycles. The first-order chi connectivity index (χ1) is 8.10. The molecule has 1 heterocycles. The summed E-state index contributed by atoms with van der Waals surface area (Å²) in [6.07, 6.45) is 2.24.